The predicted octanol–water partition coefficient (Wildman–Crippen LogP) is 5.65. The van der Waals surface area contributed by atoms with Crippen LogP contribution in [0.1, 0.15) is 88.5 Å². The molecule has 144 valence electrons. The van der Waals surface area contributed by atoms with Gasteiger partial charge in [0.15, 0.2) is 0 Å². The Bertz CT molecular complexity index is 369. The molecule has 24 heavy (non-hydrogen) atoms. The Morgan fingerprint density at radius 2 is 1.46 bits per heavy atom. The van der Waals surface area contributed by atoms with Crippen molar-refractivity contribution in [3.8, 4) is 0 Å². The number of carbonyl (C=O) groups excluding carboxylic acids is 1. The minimum absolute atomic E-state index is 0.0528. The Balaban J connectivity index is 4.31. The van der Waals surface area contributed by atoms with Gasteiger partial charge in [-0.2, -0.15) is 0 Å². The standard InChI is InChI=1S/C21H42O3/c1-15(2)14-21(9,10)23-12-11-20(7,8)24-18(6)13-17(5)19(22)16(3)4/h15-18H,11-14H2,1-10H3. The van der Waals surface area contributed by atoms with Crippen LogP contribution in [0.15, 0.2) is 0 Å². The van der Waals surface area contributed by atoms with E-state index in [1.54, 1.807) is 0 Å². The minimum atomic E-state index is -0.242. The molecule has 0 aliphatic rings. The lowest BCUT2D eigenvalue weighted by molar-refractivity contribution is -0.130. The summed E-state index contributed by atoms with van der Waals surface area (Å²) in [6.07, 6.45) is 2.76. The van der Waals surface area contributed by atoms with Gasteiger partial charge in [0.1, 0.15) is 5.78 Å². The van der Waals surface area contributed by atoms with E-state index in [1.165, 1.54) is 0 Å². The van der Waals surface area contributed by atoms with Gasteiger partial charge in [-0.15, -0.1) is 0 Å². The average molecular weight is 343 g/mol. The van der Waals surface area contributed by atoms with Gasteiger partial charge in [-0.05, 0) is 59.8 Å². The summed E-state index contributed by atoms with van der Waals surface area (Å²) in [6.45, 7) is 21.7. The van der Waals surface area contributed by atoms with Crippen molar-refractivity contribution in [3.63, 3.8) is 0 Å². The van der Waals surface area contributed by atoms with E-state index in [0.717, 1.165) is 19.3 Å². The highest BCUT2D eigenvalue weighted by atomic mass is 16.5. The first-order valence-electron chi connectivity index (χ1n) is 9.61. The highest BCUT2D eigenvalue weighted by Gasteiger charge is 2.27. The third-order valence-electron chi connectivity index (χ3n) is 4.36. The van der Waals surface area contributed by atoms with Crippen molar-refractivity contribution in [2.75, 3.05) is 6.61 Å². The molecular formula is C21H42O3. The molecule has 3 nitrogen and oxygen atoms in total. The highest BCUT2D eigenvalue weighted by molar-refractivity contribution is 5.82. The third kappa shape index (κ3) is 10.5. The Kier molecular flexibility index (Phi) is 9.74. The van der Waals surface area contributed by atoms with E-state index in [1.807, 2.05) is 20.8 Å². The van der Waals surface area contributed by atoms with Crippen LogP contribution < -0.4 is 0 Å². The summed E-state index contributed by atoms with van der Waals surface area (Å²) in [5.74, 6) is 1.10. The monoisotopic (exact) mass is 342 g/mol. The fourth-order valence-corrected chi connectivity index (χ4v) is 3.45. The Morgan fingerprint density at radius 3 is 1.92 bits per heavy atom. The summed E-state index contributed by atoms with van der Waals surface area (Å²) in [5, 5.41) is 0. The van der Waals surface area contributed by atoms with E-state index in [4.69, 9.17) is 9.47 Å². The first-order valence-corrected chi connectivity index (χ1v) is 9.61. The number of rotatable bonds is 12. The lowest BCUT2D eigenvalue weighted by Crippen LogP contribution is -2.35. The van der Waals surface area contributed by atoms with Crippen molar-refractivity contribution in [2.24, 2.45) is 17.8 Å². The Morgan fingerprint density at radius 1 is 0.917 bits per heavy atom. The smallest absolute Gasteiger partial charge is 0.138 e. The van der Waals surface area contributed by atoms with E-state index in [-0.39, 0.29) is 29.1 Å². The summed E-state index contributed by atoms with van der Waals surface area (Å²) in [7, 11) is 0. The molecule has 0 saturated heterocycles. The molecule has 0 saturated carbocycles. The molecule has 3 heteroatoms. The quantitative estimate of drug-likeness (QED) is 0.459. The van der Waals surface area contributed by atoms with Gasteiger partial charge in [0.2, 0.25) is 0 Å². The van der Waals surface area contributed by atoms with E-state index < -0.39 is 0 Å². The topological polar surface area (TPSA) is 35.5 Å². The van der Waals surface area contributed by atoms with Gasteiger partial charge in [-0.3, -0.25) is 4.79 Å². The van der Waals surface area contributed by atoms with Gasteiger partial charge in [-0.25, -0.2) is 0 Å². The molecule has 2 unspecified atom stereocenters. The highest BCUT2D eigenvalue weighted by Crippen LogP contribution is 2.25. The van der Waals surface area contributed by atoms with Crippen LogP contribution in [0.25, 0.3) is 0 Å². The van der Waals surface area contributed by atoms with E-state index in [2.05, 4.69) is 48.5 Å². The maximum Gasteiger partial charge on any atom is 0.138 e. The van der Waals surface area contributed by atoms with Gasteiger partial charge in [0.25, 0.3) is 0 Å². The van der Waals surface area contributed by atoms with Crippen LogP contribution in [0.5, 0.6) is 0 Å². The molecule has 0 aliphatic carbocycles. The molecule has 0 aromatic carbocycles. The molecule has 0 aromatic heterocycles. The van der Waals surface area contributed by atoms with Gasteiger partial charge in [0.05, 0.1) is 23.9 Å². The maximum absolute atomic E-state index is 12.0. The molecule has 2 atom stereocenters. The third-order valence-corrected chi connectivity index (χ3v) is 4.36. The molecule has 0 aromatic rings. The molecule has 0 bridgehead atoms. The molecule has 0 radical (unpaired) electrons. The predicted molar refractivity (Wildman–Crippen MR) is 102 cm³/mol. The van der Waals surface area contributed by atoms with E-state index >= 15 is 0 Å². The largest absolute Gasteiger partial charge is 0.375 e. The van der Waals surface area contributed by atoms with Crippen molar-refractivity contribution >= 4 is 5.78 Å². The number of ketones is 1. The first-order chi connectivity index (χ1) is 10.8. The molecule has 0 heterocycles. The molecule has 0 aliphatic heterocycles. The van der Waals surface area contributed by atoms with Crippen LogP contribution in [-0.4, -0.2) is 29.7 Å². The fraction of sp³-hybridized carbons (Fsp3) is 0.952. The number of ether oxygens (including phenoxy) is 2. The van der Waals surface area contributed by atoms with Gasteiger partial charge < -0.3 is 9.47 Å². The van der Waals surface area contributed by atoms with Crippen molar-refractivity contribution in [3.05, 3.63) is 0 Å². The van der Waals surface area contributed by atoms with Crippen LogP contribution in [0.4, 0.5) is 0 Å². The lowest BCUT2D eigenvalue weighted by atomic mass is 9.92. The normalized spacial score (nSPS) is 15.8. The summed E-state index contributed by atoms with van der Waals surface area (Å²) in [6, 6.07) is 0. The van der Waals surface area contributed by atoms with Crippen molar-refractivity contribution < 1.29 is 14.3 Å². The van der Waals surface area contributed by atoms with Crippen molar-refractivity contribution in [1.82, 2.24) is 0 Å². The average Bonchev–Trinajstić information content (AvgIpc) is 2.33. The Labute approximate surface area is 150 Å². The summed E-state index contributed by atoms with van der Waals surface area (Å²) in [5.41, 5.74) is -0.331. The van der Waals surface area contributed by atoms with Gasteiger partial charge in [-0.1, -0.05) is 34.6 Å². The SMILES string of the molecule is CC(C)CC(C)(C)OCCC(C)(C)OC(C)CC(C)C(=O)C(C)C. The number of Topliss-reactive ketones (excluding diaryl/α,β-unsaturated/α-hetero) is 1. The zero-order chi connectivity index (χ0) is 19.1. The fourth-order valence-electron chi connectivity index (χ4n) is 3.45. The molecule has 0 amide bonds. The molecular weight excluding hydrogens is 300 g/mol. The Hall–Kier alpha value is -0.410. The summed E-state index contributed by atoms with van der Waals surface area (Å²) < 4.78 is 12.3. The summed E-state index contributed by atoms with van der Waals surface area (Å²) >= 11 is 0. The number of carbonyl (C=O) groups is 1. The summed E-state index contributed by atoms with van der Waals surface area (Å²) in [4.78, 5) is 12.0. The first kappa shape index (κ1) is 23.6. The van der Waals surface area contributed by atoms with Crippen LogP contribution in [0, 0.1) is 17.8 Å². The maximum atomic E-state index is 12.0. The second-order valence-corrected chi connectivity index (χ2v) is 9.34. The molecule has 0 rings (SSSR count). The van der Waals surface area contributed by atoms with Crippen LogP contribution in [0.2, 0.25) is 0 Å². The van der Waals surface area contributed by atoms with Gasteiger partial charge >= 0.3 is 0 Å². The van der Waals surface area contributed by atoms with Crippen LogP contribution in [-0.2, 0) is 14.3 Å². The zero-order valence-electron chi connectivity index (χ0n) is 17.9. The lowest BCUT2D eigenvalue weighted by Gasteiger charge is -2.33. The second kappa shape index (κ2) is 9.91. The van der Waals surface area contributed by atoms with Crippen LogP contribution >= 0.6 is 0 Å². The molecule has 0 fully saturated rings. The van der Waals surface area contributed by atoms with E-state index in [0.29, 0.717) is 18.3 Å². The minimum Gasteiger partial charge on any atom is -0.375 e. The van der Waals surface area contributed by atoms with Crippen LogP contribution in [0.3, 0.4) is 0 Å². The van der Waals surface area contributed by atoms with Crippen molar-refractivity contribution in [2.45, 2.75) is 106 Å². The van der Waals surface area contributed by atoms with E-state index in [9.17, 15) is 4.79 Å². The second-order valence-electron chi connectivity index (χ2n) is 9.34. The van der Waals surface area contributed by atoms with Crippen molar-refractivity contribution in [1.29, 1.82) is 0 Å². The number of hydrogen-bond donors (Lipinski definition) is 0. The molecule has 0 spiro atoms. The molecule has 0 N–H and O–H groups in total. The van der Waals surface area contributed by atoms with Gasteiger partial charge in [0, 0.05) is 11.8 Å². The number of hydrogen-bond acceptors (Lipinski definition) is 3. The zero-order valence-corrected chi connectivity index (χ0v) is 17.9.